The van der Waals surface area contributed by atoms with Gasteiger partial charge in [0.1, 0.15) is 17.1 Å². The monoisotopic (exact) mass is 467 g/mol. The molecular formula is C26H33N3O5. The summed E-state index contributed by atoms with van der Waals surface area (Å²) in [6, 6.07) is 12.7. The Hall–Kier alpha value is -3.81. The molecule has 2 N–H and O–H groups in total. The first-order valence-electron chi connectivity index (χ1n) is 11.3. The number of carbonyl (C=O) groups is 3. The van der Waals surface area contributed by atoms with E-state index < -0.39 is 6.03 Å². The van der Waals surface area contributed by atoms with Gasteiger partial charge in [0.25, 0.3) is 5.91 Å². The fraction of sp³-hybridized carbons (Fsp3) is 0.346. The second-order valence-electron chi connectivity index (χ2n) is 7.52. The molecular weight excluding hydrogens is 434 g/mol. The number of hydrogen-bond donors (Lipinski definition) is 2. The van der Waals surface area contributed by atoms with Crippen molar-refractivity contribution in [2.24, 2.45) is 0 Å². The minimum atomic E-state index is -0.544. The summed E-state index contributed by atoms with van der Waals surface area (Å²) in [6.45, 7) is 8.59. The Morgan fingerprint density at radius 2 is 1.94 bits per heavy atom. The minimum Gasteiger partial charge on any atom is -0.497 e. The van der Waals surface area contributed by atoms with Crippen LogP contribution in [0.3, 0.4) is 0 Å². The van der Waals surface area contributed by atoms with Gasteiger partial charge in [-0.05, 0) is 54.8 Å². The van der Waals surface area contributed by atoms with Gasteiger partial charge in [0.15, 0.2) is 0 Å². The quantitative estimate of drug-likeness (QED) is 0.524. The highest BCUT2D eigenvalue weighted by Crippen LogP contribution is 2.26. The third kappa shape index (κ3) is 6.37. The van der Waals surface area contributed by atoms with Crippen molar-refractivity contribution in [3.8, 4) is 5.75 Å². The second kappa shape index (κ2) is 12.4. The van der Waals surface area contributed by atoms with Crippen molar-refractivity contribution in [3.05, 3.63) is 64.9 Å². The molecule has 0 spiro atoms. The average Bonchev–Trinajstić information content (AvgIpc) is 3.40. The topological polar surface area (TPSA) is 101 Å². The lowest BCUT2D eigenvalue weighted by Gasteiger charge is -2.09. The van der Waals surface area contributed by atoms with Gasteiger partial charge in [0.2, 0.25) is 6.41 Å². The highest BCUT2D eigenvalue weighted by Gasteiger charge is 2.24. The van der Waals surface area contributed by atoms with Crippen molar-refractivity contribution in [2.75, 3.05) is 14.2 Å². The molecule has 0 radical (unpaired) electrons. The van der Waals surface area contributed by atoms with Crippen molar-refractivity contribution >= 4 is 29.3 Å². The number of benzene rings is 2. The summed E-state index contributed by atoms with van der Waals surface area (Å²) in [7, 11) is 3.40. The second-order valence-corrected chi connectivity index (χ2v) is 7.52. The van der Waals surface area contributed by atoms with E-state index in [2.05, 4.69) is 18.3 Å². The van der Waals surface area contributed by atoms with Crippen molar-refractivity contribution in [2.45, 2.75) is 46.7 Å². The summed E-state index contributed by atoms with van der Waals surface area (Å²) >= 11 is 0. The highest BCUT2D eigenvalue weighted by molar-refractivity contribution is 5.98. The van der Waals surface area contributed by atoms with E-state index in [4.69, 9.17) is 9.15 Å². The molecule has 4 rings (SSSR count). The number of methoxy groups -OCH3 is 1. The van der Waals surface area contributed by atoms with Crippen LogP contribution in [0, 0.1) is 0 Å². The molecule has 0 fully saturated rings. The molecule has 1 aromatic heterocycles. The van der Waals surface area contributed by atoms with E-state index in [1.54, 1.807) is 32.0 Å². The molecule has 0 saturated heterocycles. The third-order valence-corrected chi connectivity index (χ3v) is 5.27. The van der Waals surface area contributed by atoms with E-state index in [1.807, 2.05) is 49.5 Å². The van der Waals surface area contributed by atoms with Crippen LogP contribution in [0.1, 0.15) is 61.0 Å². The summed E-state index contributed by atoms with van der Waals surface area (Å²) in [4.78, 5) is 34.6. The lowest BCUT2D eigenvalue weighted by Crippen LogP contribution is -2.35. The van der Waals surface area contributed by atoms with E-state index in [9.17, 15) is 14.4 Å². The molecule has 8 heteroatoms. The standard InChI is InChI=1S/C14H16N2O3.C10H11NO2.C2H6/c1-3-10-4-5-12-11(6-10)7-13(19-12)9(2)16-14(18)15-8-17;1-11-6-7-3-4-8(13-2)5-9(7)10(11)12;1-2/h4-9H,3H2,1-2H3,(H2,15,16,17,18);3-5H,6H2,1-2H3;1-2H3. The maximum absolute atomic E-state index is 11.5. The van der Waals surface area contributed by atoms with Crippen LogP contribution in [0.25, 0.3) is 11.0 Å². The van der Waals surface area contributed by atoms with Gasteiger partial charge in [-0.15, -0.1) is 0 Å². The maximum atomic E-state index is 11.5. The molecule has 182 valence electrons. The lowest BCUT2D eigenvalue weighted by molar-refractivity contribution is -0.108. The molecule has 1 atom stereocenters. The first-order chi connectivity index (χ1) is 16.4. The molecule has 2 heterocycles. The number of imide groups is 1. The summed E-state index contributed by atoms with van der Waals surface area (Å²) in [5, 5.41) is 5.65. The van der Waals surface area contributed by atoms with Gasteiger partial charge in [0, 0.05) is 24.5 Å². The minimum absolute atomic E-state index is 0.0777. The number of rotatable bonds is 5. The Morgan fingerprint density at radius 1 is 1.21 bits per heavy atom. The Labute approximate surface area is 200 Å². The normalized spacial score (nSPS) is 12.5. The van der Waals surface area contributed by atoms with Crippen LogP contribution in [-0.4, -0.2) is 37.4 Å². The zero-order valence-electron chi connectivity index (χ0n) is 20.6. The Morgan fingerprint density at radius 3 is 2.59 bits per heavy atom. The van der Waals surface area contributed by atoms with Crippen LogP contribution in [0.2, 0.25) is 0 Å². The van der Waals surface area contributed by atoms with Gasteiger partial charge in [-0.25, -0.2) is 4.79 Å². The van der Waals surface area contributed by atoms with E-state index in [1.165, 1.54) is 5.56 Å². The van der Waals surface area contributed by atoms with Gasteiger partial charge in [-0.3, -0.25) is 14.9 Å². The molecule has 4 amide bonds. The van der Waals surface area contributed by atoms with E-state index in [0.29, 0.717) is 18.7 Å². The first kappa shape index (κ1) is 26.4. The smallest absolute Gasteiger partial charge is 0.321 e. The number of carbonyl (C=O) groups excluding carboxylic acids is 3. The number of furan rings is 1. The summed E-state index contributed by atoms with van der Waals surface area (Å²) in [6.07, 6.45) is 1.31. The molecule has 0 saturated carbocycles. The zero-order chi connectivity index (χ0) is 25.3. The van der Waals surface area contributed by atoms with Gasteiger partial charge >= 0.3 is 6.03 Å². The van der Waals surface area contributed by atoms with Crippen LogP contribution in [0.4, 0.5) is 4.79 Å². The molecule has 1 aliphatic rings. The predicted octanol–water partition coefficient (Wildman–Crippen LogP) is 4.82. The molecule has 1 unspecified atom stereocenters. The maximum Gasteiger partial charge on any atom is 0.321 e. The average molecular weight is 468 g/mol. The molecule has 0 bridgehead atoms. The molecule has 3 aromatic rings. The molecule has 34 heavy (non-hydrogen) atoms. The van der Waals surface area contributed by atoms with Gasteiger partial charge in [-0.2, -0.15) is 0 Å². The fourth-order valence-corrected chi connectivity index (χ4v) is 3.46. The van der Waals surface area contributed by atoms with Crippen LogP contribution < -0.4 is 15.4 Å². The van der Waals surface area contributed by atoms with Crippen LogP contribution in [0.5, 0.6) is 5.75 Å². The van der Waals surface area contributed by atoms with Crippen LogP contribution >= 0.6 is 0 Å². The highest BCUT2D eigenvalue weighted by atomic mass is 16.5. The van der Waals surface area contributed by atoms with E-state index >= 15 is 0 Å². The van der Waals surface area contributed by atoms with Crippen LogP contribution in [-0.2, 0) is 17.8 Å². The number of amides is 4. The number of fused-ring (bicyclic) bond motifs is 2. The number of aryl methyl sites for hydroxylation is 1. The Bertz CT molecular complexity index is 1140. The molecule has 2 aromatic carbocycles. The number of hydrogen-bond acceptors (Lipinski definition) is 5. The predicted molar refractivity (Wildman–Crippen MR) is 132 cm³/mol. The van der Waals surface area contributed by atoms with E-state index in [0.717, 1.165) is 34.3 Å². The fourth-order valence-electron chi connectivity index (χ4n) is 3.46. The summed E-state index contributed by atoms with van der Waals surface area (Å²) < 4.78 is 10.7. The molecule has 8 nitrogen and oxygen atoms in total. The summed E-state index contributed by atoms with van der Waals surface area (Å²) in [5.74, 6) is 1.47. The SMILES string of the molecule is CC.CCc1ccc2oc(C(C)NC(=O)NC=O)cc2c1.COc1ccc2c(c1)C(=O)N(C)C2. The Kier molecular flexibility index (Phi) is 9.67. The number of nitrogens with zero attached hydrogens (tertiary/aromatic N) is 1. The number of ether oxygens (including phenoxy) is 1. The van der Waals surface area contributed by atoms with E-state index in [-0.39, 0.29) is 11.9 Å². The molecule has 1 aliphatic heterocycles. The number of urea groups is 1. The van der Waals surface area contributed by atoms with Crippen molar-refractivity contribution in [3.63, 3.8) is 0 Å². The van der Waals surface area contributed by atoms with Crippen molar-refractivity contribution < 1.29 is 23.5 Å². The van der Waals surface area contributed by atoms with Gasteiger partial charge in [0.05, 0.1) is 13.2 Å². The first-order valence-corrected chi connectivity index (χ1v) is 11.3. The largest absolute Gasteiger partial charge is 0.497 e. The van der Waals surface area contributed by atoms with Gasteiger partial charge < -0.3 is 19.4 Å². The number of nitrogens with one attached hydrogen (secondary N) is 2. The summed E-state index contributed by atoms with van der Waals surface area (Å²) in [5.41, 5.74) is 3.87. The lowest BCUT2D eigenvalue weighted by atomic mass is 10.1. The van der Waals surface area contributed by atoms with Crippen LogP contribution in [0.15, 0.2) is 46.9 Å². The molecule has 0 aliphatic carbocycles. The third-order valence-electron chi connectivity index (χ3n) is 5.27. The van der Waals surface area contributed by atoms with Crippen molar-refractivity contribution in [1.29, 1.82) is 0 Å². The zero-order valence-corrected chi connectivity index (χ0v) is 20.6. The van der Waals surface area contributed by atoms with Gasteiger partial charge in [-0.1, -0.05) is 32.9 Å². The Balaban J connectivity index is 0.000000237. The van der Waals surface area contributed by atoms with Crippen molar-refractivity contribution in [1.82, 2.24) is 15.5 Å².